The molecule has 0 bridgehead atoms. The minimum absolute atomic E-state index is 0. The molecule has 37 heavy (non-hydrogen) atoms. The van der Waals surface area contributed by atoms with Gasteiger partial charge in [-0.15, -0.1) is 0 Å². The van der Waals surface area contributed by atoms with Crippen molar-refractivity contribution in [2.24, 2.45) is 0 Å². The van der Waals surface area contributed by atoms with E-state index in [9.17, 15) is 13.0 Å². The van der Waals surface area contributed by atoms with Crippen LogP contribution in [0.1, 0.15) is 166 Å². The Hall–Kier alpha value is -0.910. The molecule has 0 aliphatic heterocycles. The monoisotopic (exact) mass is 539 g/mol. The summed E-state index contributed by atoms with van der Waals surface area (Å²) in [7, 11) is -4.16. The van der Waals surface area contributed by atoms with Crippen LogP contribution in [0.2, 0.25) is 0 Å². The molecule has 0 saturated carbocycles. The number of rotatable bonds is 25. The van der Waals surface area contributed by atoms with Gasteiger partial charge in [0, 0.05) is 0 Å². The minimum atomic E-state index is -4.16. The lowest BCUT2D eigenvalue weighted by atomic mass is 9.99. The summed E-state index contributed by atoms with van der Waals surface area (Å²) in [6, 6.07) is 5.55. The van der Waals surface area contributed by atoms with E-state index in [0.717, 1.165) is 37.7 Å². The van der Waals surface area contributed by atoms with E-state index in [1.807, 2.05) is 12.1 Å². The average molecular weight is 540 g/mol. The zero-order valence-electron chi connectivity index (χ0n) is 24.6. The van der Waals surface area contributed by atoms with E-state index in [0.29, 0.717) is 0 Å². The van der Waals surface area contributed by atoms with Crippen molar-refractivity contribution in [1.29, 1.82) is 0 Å². The van der Waals surface area contributed by atoms with Gasteiger partial charge in [-0.1, -0.05) is 154 Å². The Bertz CT molecular complexity index is 748. The number of hydrogen-bond donors (Lipinski definition) is 2. The first-order valence-electron chi connectivity index (χ1n) is 15.6. The van der Waals surface area contributed by atoms with Crippen molar-refractivity contribution < 1.29 is 13.0 Å². The molecule has 0 amide bonds. The van der Waals surface area contributed by atoms with Gasteiger partial charge in [0.1, 0.15) is 0 Å². The van der Waals surface area contributed by atoms with Gasteiger partial charge in [-0.25, -0.2) is 0 Å². The fraction of sp³-hybridized carbons (Fsp3) is 0.812. The zero-order valence-corrected chi connectivity index (χ0v) is 25.4. The molecule has 1 rings (SSSR count). The molecule has 0 atom stereocenters. The molecule has 0 aromatic heterocycles. The van der Waals surface area contributed by atoms with E-state index in [2.05, 4.69) is 13.8 Å². The molecule has 4 nitrogen and oxygen atoms in total. The molecule has 1 aromatic rings. The van der Waals surface area contributed by atoms with E-state index in [1.165, 1.54) is 128 Å². The Balaban J connectivity index is 0.0000130. The first-order valence-corrected chi connectivity index (χ1v) is 17.0. The Labute approximate surface area is 231 Å². The predicted octanol–water partition coefficient (Wildman–Crippen LogP) is 10.8. The molecule has 0 unspecified atom stereocenters. The van der Waals surface area contributed by atoms with E-state index in [4.69, 9.17) is 0 Å². The van der Waals surface area contributed by atoms with Crippen LogP contribution in [0, 0.1) is 0 Å². The fourth-order valence-electron chi connectivity index (χ4n) is 5.21. The van der Waals surface area contributed by atoms with Gasteiger partial charge < -0.3 is 6.15 Å². The molecular weight excluding hydrogens is 478 g/mol. The summed E-state index contributed by atoms with van der Waals surface area (Å²) >= 11 is 0. The van der Waals surface area contributed by atoms with Crippen molar-refractivity contribution in [2.45, 2.75) is 173 Å². The van der Waals surface area contributed by atoms with E-state index in [-0.39, 0.29) is 11.0 Å². The highest BCUT2D eigenvalue weighted by atomic mass is 32.2. The van der Waals surface area contributed by atoms with Crippen molar-refractivity contribution in [1.82, 2.24) is 6.15 Å². The molecule has 0 radical (unpaired) electrons. The second-order valence-electron chi connectivity index (χ2n) is 11.0. The SMILES string of the molecule is CCCCCCCCCCCCCc1ccc(S(=O)(=O)O)c(CCCCCCCCCCCCC)c1.N. The molecular formula is C32H61NO3S. The van der Waals surface area contributed by atoms with E-state index >= 15 is 0 Å². The highest BCUT2D eigenvalue weighted by Crippen LogP contribution is 2.22. The topological polar surface area (TPSA) is 89.4 Å². The van der Waals surface area contributed by atoms with Crippen LogP contribution in [0.3, 0.4) is 0 Å². The maximum absolute atomic E-state index is 11.9. The average Bonchev–Trinajstić information content (AvgIpc) is 2.85. The first kappa shape index (κ1) is 36.1. The summed E-state index contributed by atoms with van der Waals surface area (Å²) < 4.78 is 33.4. The highest BCUT2D eigenvalue weighted by molar-refractivity contribution is 7.85. The van der Waals surface area contributed by atoms with Gasteiger partial charge in [0.15, 0.2) is 0 Å². The van der Waals surface area contributed by atoms with Crippen molar-refractivity contribution in [2.75, 3.05) is 0 Å². The number of benzene rings is 1. The molecule has 0 fully saturated rings. The summed E-state index contributed by atoms with van der Waals surface area (Å²) in [5, 5.41) is 0. The van der Waals surface area contributed by atoms with Crippen LogP contribution in [0.25, 0.3) is 0 Å². The van der Waals surface area contributed by atoms with Gasteiger partial charge in [0.2, 0.25) is 0 Å². The lowest BCUT2D eigenvalue weighted by molar-refractivity contribution is 0.481. The Kier molecular flexibility index (Phi) is 23.6. The Morgan fingerprint density at radius 2 is 0.892 bits per heavy atom. The normalized spacial score (nSPS) is 11.5. The lowest BCUT2D eigenvalue weighted by Crippen LogP contribution is -2.04. The van der Waals surface area contributed by atoms with Gasteiger partial charge in [0.25, 0.3) is 10.1 Å². The van der Waals surface area contributed by atoms with Crippen LogP contribution in [0.5, 0.6) is 0 Å². The summed E-state index contributed by atoms with van der Waals surface area (Å²) in [4.78, 5) is 0.109. The Morgan fingerprint density at radius 3 is 1.27 bits per heavy atom. The molecule has 0 heterocycles. The molecule has 5 heteroatoms. The molecule has 0 aliphatic carbocycles. The van der Waals surface area contributed by atoms with Crippen LogP contribution < -0.4 is 6.15 Å². The second-order valence-corrected chi connectivity index (χ2v) is 12.4. The van der Waals surface area contributed by atoms with Gasteiger partial charge >= 0.3 is 0 Å². The van der Waals surface area contributed by atoms with Gasteiger partial charge in [-0.05, 0) is 42.9 Å². The fourth-order valence-corrected chi connectivity index (χ4v) is 5.94. The van der Waals surface area contributed by atoms with Crippen molar-refractivity contribution in [3.05, 3.63) is 29.3 Å². The second kappa shape index (κ2) is 24.2. The van der Waals surface area contributed by atoms with Gasteiger partial charge in [-0.2, -0.15) is 8.42 Å². The highest BCUT2D eigenvalue weighted by Gasteiger charge is 2.15. The van der Waals surface area contributed by atoms with Crippen molar-refractivity contribution >= 4 is 10.1 Å². The summed E-state index contributed by atoms with van der Waals surface area (Å²) in [6.07, 6.45) is 30.4. The molecule has 0 saturated heterocycles. The number of hydrogen-bond acceptors (Lipinski definition) is 3. The van der Waals surface area contributed by atoms with E-state index in [1.54, 1.807) is 6.07 Å². The number of unbranched alkanes of at least 4 members (excludes halogenated alkanes) is 20. The van der Waals surface area contributed by atoms with Crippen LogP contribution >= 0.6 is 0 Å². The largest absolute Gasteiger partial charge is 0.344 e. The van der Waals surface area contributed by atoms with E-state index < -0.39 is 10.1 Å². The molecule has 1 aromatic carbocycles. The predicted molar refractivity (Wildman–Crippen MR) is 162 cm³/mol. The summed E-state index contributed by atoms with van der Waals surface area (Å²) in [5.74, 6) is 0. The van der Waals surface area contributed by atoms with Crippen molar-refractivity contribution in [3.63, 3.8) is 0 Å². The smallest absolute Gasteiger partial charge is 0.294 e. The van der Waals surface area contributed by atoms with Gasteiger partial charge in [0.05, 0.1) is 4.90 Å². The molecule has 218 valence electrons. The van der Waals surface area contributed by atoms with Crippen molar-refractivity contribution in [3.8, 4) is 0 Å². The quantitative estimate of drug-likeness (QED) is 0.0954. The maximum Gasteiger partial charge on any atom is 0.294 e. The number of aryl methyl sites for hydroxylation is 2. The molecule has 4 N–H and O–H groups in total. The van der Waals surface area contributed by atoms with Crippen LogP contribution in [-0.4, -0.2) is 13.0 Å². The Morgan fingerprint density at radius 1 is 0.541 bits per heavy atom. The lowest BCUT2D eigenvalue weighted by Gasteiger charge is -2.10. The minimum Gasteiger partial charge on any atom is -0.344 e. The summed E-state index contributed by atoms with van der Waals surface area (Å²) in [6.45, 7) is 4.53. The third kappa shape index (κ3) is 19.8. The zero-order chi connectivity index (χ0) is 26.3. The van der Waals surface area contributed by atoms with Gasteiger partial charge in [-0.3, -0.25) is 4.55 Å². The van der Waals surface area contributed by atoms with Crippen LogP contribution in [0.4, 0.5) is 0 Å². The third-order valence-corrected chi connectivity index (χ3v) is 8.48. The summed E-state index contributed by atoms with van der Waals surface area (Å²) in [5.41, 5.74) is 2.00. The standard InChI is InChI=1S/C32H58O3S.H3N/c1-3-5-7-9-11-13-15-17-19-21-23-25-30-27-28-32(36(33,34)35)31(29-30)26-24-22-20-18-16-14-12-10-8-6-4-2;/h27-29H,3-26H2,1-2H3,(H,33,34,35);1H3. The molecule has 0 aliphatic rings. The maximum atomic E-state index is 11.9. The first-order chi connectivity index (χ1) is 17.5. The third-order valence-electron chi connectivity index (χ3n) is 7.52. The molecule has 0 spiro atoms. The van der Waals surface area contributed by atoms with Crippen LogP contribution in [0.15, 0.2) is 23.1 Å². The van der Waals surface area contributed by atoms with Crippen LogP contribution in [-0.2, 0) is 23.0 Å².